The molecule has 1 aromatic rings. The van der Waals surface area contributed by atoms with Gasteiger partial charge in [0.25, 0.3) is 0 Å². The lowest BCUT2D eigenvalue weighted by atomic mass is 10.0. The predicted octanol–water partition coefficient (Wildman–Crippen LogP) is 2.10. The van der Waals surface area contributed by atoms with Crippen LogP contribution in [0.1, 0.15) is 35.0 Å². The van der Waals surface area contributed by atoms with E-state index < -0.39 is 5.97 Å². The Labute approximate surface area is 105 Å². The molecule has 2 heterocycles. The monoisotopic (exact) mass is 255 g/mol. The molecule has 0 bridgehead atoms. The van der Waals surface area contributed by atoms with Crippen LogP contribution in [0.5, 0.6) is 0 Å². The maximum Gasteiger partial charge on any atom is 0.336 e. The van der Waals surface area contributed by atoms with Crippen LogP contribution < -0.4 is 5.32 Å². The highest BCUT2D eigenvalue weighted by molar-refractivity contribution is 7.10. The van der Waals surface area contributed by atoms with Gasteiger partial charge in [0.2, 0.25) is 0 Å². The molecule has 1 saturated heterocycles. The minimum atomic E-state index is -0.862. The van der Waals surface area contributed by atoms with Crippen molar-refractivity contribution in [3.8, 4) is 0 Å². The van der Waals surface area contributed by atoms with Gasteiger partial charge < -0.3 is 15.2 Å². The molecule has 0 aromatic carbocycles. The second kappa shape index (κ2) is 5.16. The fourth-order valence-corrected chi connectivity index (χ4v) is 2.84. The van der Waals surface area contributed by atoms with Gasteiger partial charge in [0, 0.05) is 30.0 Å². The summed E-state index contributed by atoms with van der Waals surface area (Å²) in [4.78, 5) is 11.8. The Morgan fingerprint density at radius 3 is 3.12 bits per heavy atom. The van der Waals surface area contributed by atoms with Crippen molar-refractivity contribution in [2.75, 3.05) is 13.2 Å². The molecular weight excluding hydrogens is 238 g/mol. The van der Waals surface area contributed by atoms with Crippen molar-refractivity contribution in [1.29, 1.82) is 0 Å². The third-order valence-electron chi connectivity index (χ3n) is 3.00. The lowest BCUT2D eigenvalue weighted by Gasteiger charge is -2.23. The van der Waals surface area contributed by atoms with E-state index in [1.807, 2.05) is 0 Å². The fraction of sp³-hybridized carbons (Fsp3) is 0.583. The van der Waals surface area contributed by atoms with Crippen molar-refractivity contribution >= 4 is 17.3 Å². The van der Waals surface area contributed by atoms with E-state index in [0.29, 0.717) is 12.1 Å². The van der Waals surface area contributed by atoms with Crippen LogP contribution >= 0.6 is 11.3 Å². The highest BCUT2D eigenvalue weighted by Gasteiger charge is 2.28. The second-order valence-electron chi connectivity index (χ2n) is 4.61. The molecule has 17 heavy (non-hydrogen) atoms. The molecule has 0 radical (unpaired) electrons. The zero-order valence-corrected chi connectivity index (χ0v) is 10.7. The molecule has 2 rings (SSSR count). The lowest BCUT2D eigenvalue weighted by molar-refractivity contribution is 0.0207. The van der Waals surface area contributed by atoms with E-state index in [1.54, 1.807) is 11.4 Å². The van der Waals surface area contributed by atoms with Gasteiger partial charge in [0.05, 0.1) is 11.2 Å². The summed E-state index contributed by atoms with van der Waals surface area (Å²) in [7, 11) is 0. The summed E-state index contributed by atoms with van der Waals surface area (Å²) in [5.41, 5.74) is 0.322. The van der Waals surface area contributed by atoms with Crippen LogP contribution in [-0.4, -0.2) is 29.8 Å². The van der Waals surface area contributed by atoms with Crippen molar-refractivity contribution in [1.82, 2.24) is 5.32 Å². The van der Waals surface area contributed by atoms with Crippen molar-refractivity contribution in [2.24, 2.45) is 0 Å². The molecule has 0 amide bonds. The molecule has 1 atom stereocenters. The lowest BCUT2D eigenvalue weighted by Crippen LogP contribution is -2.36. The quantitative estimate of drug-likeness (QED) is 0.846. The molecule has 1 aliphatic rings. The minimum absolute atomic E-state index is 0.0487. The first-order chi connectivity index (χ1) is 8.09. The Morgan fingerprint density at radius 2 is 2.53 bits per heavy atom. The second-order valence-corrected chi connectivity index (χ2v) is 5.61. The largest absolute Gasteiger partial charge is 0.478 e. The SMILES string of the molecule is CC1(CNCc2cc(C(=O)O)cs2)CCCO1. The summed E-state index contributed by atoms with van der Waals surface area (Å²) in [5.74, 6) is -0.862. The van der Waals surface area contributed by atoms with E-state index >= 15 is 0 Å². The Hall–Kier alpha value is -0.910. The number of carboxylic acids is 1. The van der Waals surface area contributed by atoms with E-state index in [4.69, 9.17) is 9.84 Å². The summed E-state index contributed by atoms with van der Waals surface area (Å²) in [5, 5.41) is 13.8. The Morgan fingerprint density at radius 1 is 1.71 bits per heavy atom. The van der Waals surface area contributed by atoms with Crippen LogP contribution in [0.2, 0.25) is 0 Å². The van der Waals surface area contributed by atoms with Gasteiger partial charge in [-0.3, -0.25) is 0 Å². The van der Waals surface area contributed by atoms with Gasteiger partial charge >= 0.3 is 5.97 Å². The summed E-state index contributed by atoms with van der Waals surface area (Å²) in [6, 6.07) is 1.72. The first-order valence-corrected chi connectivity index (χ1v) is 6.62. The molecule has 5 heteroatoms. The number of nitrogens with one attached hydrogen (secondary N) is 1. The number of hydrogen-bond acceptors (Lipinski definition) is 4. The van der Waals surface area contributed by atoms with Crippen LogP contribution in [0.3, 0.4) is 0 Å². The topological polar surface area (TPSA) is 58.6 Å². The van der Waals surface area contributed by atoms with Crippen molar-refractivity contribution < 1.29 is 14.6 Å². The van der Waals surface area contributed by atoms with Crippen LogP contribution in [0, 0.1) is 0 Å². The third kappa shape index (κ3) is 3.28. The van der Waals surface area contributed by atoms with Crippen LogP contribution in [-0.2, 0) is 11.3 Å². The average Bonchev–Trinajstić information content (AvgIpc) is 2.88. The summed E-state index contributed by atoms with van der Waals surface area (Å²) in [6.07, 6.45) is 2.21. The first kappa shape index (κ1) is 12.5. The van der Waals surface area contributed by atoms with Crippen LogP contribution in [0.25, 0.3) is 0 Å². The molecule has 94 valence electrons. The highest BCUT2D eigenvalue weighted by Crippen LogP contribution is 2.24. The van der Waals surface area contributed by atoms with Gasteiger partial charge in [0.1, 0.15) is 0 Å². The number of aromatic carboxylic acids is 1. The smallest absolute Gasteiger partial charge is 0.336 e. The van der Waals surface area contributed by atoms with Gasteiger partial charge in [-0.25, -0.2) is 4.79 Å². The fourth-order valence-electron chi connectivity index (χ4n) is 2.01. The van der Waals surface area contributed by atoms with E-state index in [2.05, 4.69) is 12.2 Å². The van der Waals surface area contributed by atoms with Gasteiger partial charge in [-0.05, 0) is 25.8 Å². The molecule has 0 spiro atoms. The van der Waals surface area contributed by atoms with Gasteiger partial charge in [0.15, 0.2) is 0 Å². The van der Waals surface area contributed by atoms with Crippen LogP contribution in [0.4, 0.5) is 0 Å². The molecular formula is C12H17NO3S. The van der Waals surface area contributed by atoms with Gasteiger partial charge in [-0.15, -0.1) is 11.3 Å². The number of hydrogen-bond donors (Lipinski definition) is 2. The summed E-state index contributed by atoms with van der Waals surface area (Å²) in [6.45, 7) is 4.48. The van der Waals surface area contributed by atoms with Crippen LogP contribution in [0.15, 0.2) is 11.4 Å². The van der Waals surface area contributed by atoms with E-state index in [1.165, 1.54) is 11.3 Å². The Balaban J connectivity index is 1.79. The zero-order chi connectivity index (χ0) is 12.3. The first-order valence-electron chi connectivity index (χ1n) is 5.74. The molecule has 0 saturated carbocycles. The minimum Gasteiger partial charge on any atom is -0.478 e. The summed E-state index contributed by atoms with van der Waals surface area (Å²) >= 11 is 1.48. The van der Waals surface area contributed by atoms with Gasteiger partial charge in [-0.2, -0.15) is 0 Å². The molecule has 0 aliphatic carbocycles. The maximum absolute atomic E-state index is 10.7. The van der Waals surface area contributed by atoms with Crippen molar-refractivity contribution in [3.63, 3.8) is 0 Å². The molecule has 2 N–H and O–H groups in total. The third-order valence-corrected chi connectivity index (χ3v) is 3.94. The molecule has 1 fully saturated rings. The average molecular weight is 255 g/mol. The molecule has 1 unspecified atom stereocenters. The summed E-state index contributed by atoms with van der Waals surface area (Å²) < 4.78 is 5.67. The van der Waals surface area contributed by atoms with E-state index in [-0.39, 0.29) is 5.60 Å². The number of carbonyl (C=O) groups is 1. The molecule has 1 aliphatic heterocycles. The standard InChI is InChI=1S/C12H17NO3S/c1-12(3-2-4-16-12)8-13-6-10-5-9(7-17-10)11(14)15/h5,7,13H,2-4,6,8H2,1H3,(H,14,15). The maximum atomic E-state index is 10.7. The highest BCUT2D eigenvalue weighted by atomic mass is 32.1. The van der Waals surface area contributed by atoms with Gasteiger partial charge in [-0.1, -0.05) is 0 Å². The Bertz CT molecular complexity index is 396. The van der Waals surface area contributed by atoms with Crippen molar-refractivity contribution in [2.45, 2.75) is 31.9 Å². The van der Waals surface area contributed by atoms with E-state index in [9.17, 15) is 4.79 Å². The molecule has 4 nitrogen and oxygen atoms in total. The number of carboxylic acid groups (broad SMARTS) is 1. The Kier molecular flexibility index (Phi) is 3.81. The number of ether oxygens (including phenoxy) is 1. The number of thiophene rings is 1. The number of rotatable bonds is 5. The molecule has 1 aromatic heterocycles. The zero-order valence-electron chi connectivity index (χ0n) is 9.86. The van der Waals surface area contributed by atoms with Crippen molar-refractivity contribution in [3.05, 3.63) is 21.9 Å². The predicted molar refractivity (Wildman–Crippen MR) is 66.6 cm³/mol. The normalized spacial score (nSPS) is 24.1. The van der Waals surface area contributed by atoms with E-state index in [0.717, 1.165) is 30.9 Å².